The number of halogens is 3. The molecule has 0 fully saturated rings. The van der Waals surface area contributed by atoms with E-state index in [-0.39, 0.29) is 18.7 Å². The maximum Gasteiger partial charge on any atom is 0.416 e. The fraction of sp³-hybridized carbons (Fsp3) is 0.174. The number of amides is 1. The molecule has 0 aliphatic heterocycles. The van der Waals surface area contributed by atoms with Gasteiger partial charge in [0.15, 0.2) is 0 Å². The zero-order valence-corrected chi connectivity index (χ0v) is 17.0. The van der Waals surface area contributed by atoms with Crippen molar-refractivity contribution in [3.8, 4) is 0 Å². The number of hydrogen-bond acceptors (Lipinski definition) is 4. The summed E-state index contributed by atoms with van der Waals surface area (Å²) in [6, 6.07) is 13.1. The molecule has 9 heteroatoms. The number of esters is 1. The minimum Gasteiger partial charge on any atom is -0.462 e. The molecule has 6 nitrogen and oxygen atoms in total. The van der Waals surface area contributed by atoms with Crippen LogP contribution in [0.5, 0.6) is 0 Å². The van der Waals surface area contributed by atoms with Crippen LogP contribution >= 0.6 is 0 Å². The summed E-state index contributed by atoms with van der Waals surface area (Å²) in [5.41, 5.74) is 0.257. The van der Waals surface area contributed by atoms with Gasteiger partial charge >= 0.3 is 12.1 Å². The first kappa shape index (κ1) is 22.8. The molecule has 32 heavy (non-hydrogen) atoms. The van der Waals surface area contributed by atoms with E-state index in [0.717, 1.165) is 12.1 Å². The predicted octanol–water partition coefficient (Wildman–Crippen LogP) is 4.34. The van der Waals surface area contributed by atoms with Crippen LogP contribution in [-0.2, 0) is 17.5 Å². The molecule has 3 aromatic rings. The van der Waals surface area contributed by atoms with Gasteiger partial charge in [0.05, 0.1) is 29.8 Å². The van der Waals surface area contributed by atoms with Gasteiger partial charge in [-0.1, -0.05) is 12.1 Å². The molecular formula is C23H19F3N2O4. The second kappa shape index (κ2) is 9.51. The highest BCUT2D eigenvalue weighted by Crippen LogP contribution is 2.29. The molecule has 1 N–H and O–H groups in total. The highest BCUT2D eigenvalue weighted by Gasteiger charge is 2.29. The second-order valence-electron chi connectivity index (χ2n) is 6.83. The Balaban J connectivity index is 1.73. The van der Waals surface area contributed by atoms with Crippen LogP contribution in [0.2, 0.25) is 0 Å². The molecular weight excluding hydrogens is 425 g/mol. The third-order valence-electron chi connectivity index (χ3n) is 4.53. The predicted molar refractivity (Wildman–Crippen MR) is 112 cm³/mol. The normalized spacial score (nSPS) is 11.1. The van der Waals surface area contributed by atoms with Crippen molar-refractivity contribution in [1.29, 1.82) is 0 Å². The lowest BCUT2D eigenvalue weighted by atomic mass is 10.1. The SMILES string of the molecule is CCOC(=O)c1ccc(NC(=O)c2ccc(=O)n(Cc3ccc(C(F)(F)F)cc3)c2)cc1. The van der Waals surface area contributed by atoms with Gasteiger partial charge in [0, 0.05) is 18.0 Å². The van der Waals surface area contributed by atoms with Crippen molar-refractivity contribution in [1.82, 2.24) is 4.57 Å². The second-order valence-corrected chi connectivity index (χ2v) is 6.83. The maximum absolute atomic E-state index is 12.7. The van der Waals surface area contributed by atoms with Crippen molar-refractivity contribution >= 4 is 17.6 Å². The average Bonchev–Trinajstić information content (AvgIpc) is 2.75. The van der Waals surface area contributed by atoms with Crippen molar-refractivity contribution in [2.24, 2.45) is 0 Å². The Morgan fingerprint density at radius 1 is 0.938 bits per heavy atom. The van der Waals surface area contributed by atoms with Crippen LogP contribution in [0.3, 0.4) is 0 Å². The molecule has 0 radical (unpaired) electrons. The third kappa shape index (κ3) is 5.63. The molecule has 1 amide bonds. The monoisotopic (exact) mass is 444 g/mol. The van der Waals surface area contributed by atoms with Crippen LogP contribution < -0.4 is 10.9 Å². The van der Waals surface area contributed by atoms with E-state index in [9.17, 15) is 27.6 Å². The molecule has 0 aliphatic carbocycles. The number of nitrogens with zero attached hydrogens (tertiary/aromatic N) is 1. The number of aromatic nitrogens is 1. The summed E-state index contributed by atoms with van der Waals surface area (Å²) in [5, 5.41) is 2.66. The quantitative estimate of drug-likeness (QED) is 0.574. The summed E-state index contributed by atoms with van der Waals surface area (Å²) in [5.74, 6) is -0.962. The Hall–Kier alpha value is -3.88. The topological polar surface area (TPSA) is 77.4 Å². The van der Waals surface area contributed by atoms with Gasteiger partial charge in [-0.2, -0.15) is 13.2 Å². The van der Waals surface area contributed by atoms with Crippen molar-refractivity contribution in [2.75, 3.05) is 11.9 Å². The van der Waals surface area contributed by atoms with E-state index in [1.807, 2.05) is 0 Å². The van der Waals surface area contributed by atoms with Gasteiger partial charge in [-0.25, -0.2) is 4.79 Å². The number of carbonyl (C=O) groups is 2. The molecule has 2 aromatic carbocycles. The van der Waals surface area contributed by atoms with Crippen LogP contribution in [0.15, 0.2) is 71.7 Å². The van der Waals surface area contributed by atoms with E-state index in [4.69, 9.17) is 4.74 Å². The number of rotatable bonds is 6. The molecule has 0 saturated carbocycles. The molecule has 3 rings (SSSR count). The molecule has 0 bridgehead atoms. The fourth-order valence-corrected chi connectivity index (χ4v) is 2.89. The maximum atomic E-state index is 12.7. The summed E-state index contributed by atoms with van der Waals surface area (Å²) >= 11 is 0. The number of ether oxygens (including phenoxy) is 1. The minimum absolute atomic E-state index is 0.00628. The highest BCUT2D eigenvalue weighted by molar-refractivity contribution is 6.04. The third-order valence-corrected chi connectivity index (χ3v) is 4.53. The number of hydrogen-bond donors (Lipinski definition) is 1. The van der Waals surface area contributed by atoms with Crippen molar-refractivity contribution in [3.05, 3.63) is 99.5 Å². The Morgan fingerprint density at radius 2 is 1.56 bits per heavy atom. The summed E-state index contributed by atoms with van der Waals surface area (Å²) < 4.78 is 44.3. The van der Waals surface area contributed by atoms with E-state index in [0.29, 0.717) is 16.8 Å². The lowest BCUT2D eigenvalue weighted by Gasteiger charge is -2.11. The van der Waals surface area contributed by atoms with Crippen molar-refractivity contribution in [3.63, 3.8) is 0 Å². The zero-order chi connectivity index (χ0) is 23.3. The number of nitrogens with one attached hydrogen (secondary N) is 1. The van der Waals surface area contributed by atoms with Gasteiger partial charge in [-0.05, 0) is 55.0 Å². The first-order valence-electron chi connectivity index (χ1n) is 9.62. The molecule has 1 aromatic heterocycles. The van der Waals surface area contributed by atoms with Crippen LogP contribution in [0.25, 0.3) is 0 Å². The number of alkyl halides is 3. The minimum atomic E-state index is -4.44. The standard InChI is InChI=1S/C23H19F3N2O4/c1-2-32-22(31)16-5-10-19(11-6-16)27-21(30)17-7-12-20(29)28(14-17)13-15-3-8-18(9-4-15)23(24,25)26/h3-12,14H,2,13H2,1H3,(H,27,30). The summed E-state index contributed by atoms with van der Waals surface area (Å²) in [7, 11) is 0. The van der Waals surface area contributed by atoms with E-state index < -0.39 is 29.2 Å². The van der Waals surface area contributed by atoms with Gasteiger partial charge in [0.2, 0.25) is 0 Å². The molecule has 0 spiro atoms. The Morgan fingerprint density at radius 3 is 2.16 bits per heavy atom. The van der Waals surface area contributed by atoms with Crippen molar-refractivity contribution in [2.45, 2.75) is 19.6 Å². The Bertz CT molecular complexity index is 1170. The molecule has 166 valence electrons. The van der Waals surface area contributed by atoms with Crippen LogP contribution in [-0.4, -0.2) is 23.1 Å². The highest BCUT2D eigenvalue weighted by atomic mass is 19.4. The van der Waals surface area contributed by atoms with Crippen LogP contribution in [0.1, 0.15) is 38.8 Å². The first-order chi connectivity index (χ1) is 15.2. The Labute approximate surface area is 181 Å². The van der Waals surface area contributed by atoms with Gasteiger partial charge in [-0.3, -0.25) is 9.59 Å². The smallest absolute Gasteiger partial charge is 0.416 e. The fourth-order valence-electron chi connectivity index (χ4n) is 2.89. The molecule has 0 aliphatic rings. The number of anilines is 1. The van der Waals surface area contributed by atoms with E-state index >= 15 is 0 Å². The number of pyridine rings is 1. The molecule has 1 heterocycles. The lowest BCUT2D eigenvalue weighted by Crippen LogP contribution is -2.22. The zero-order valence-electron chi connectivity index (χ0n) is 17.0. The molecule has 0 saturated heterocycles. The summed E-state index contributed by atoms with van der Waals surface area (Å²) in [6.07, 6.45) is -3.11. The first-order valence-corrected chi connectivity index (χ1v) is 9.62. The van der Waals surface area contributed by atoms with Gasteiger partial charge in [0.1, 0.15) is 0 Å². The van der Waals surface area contributed by atoms with E-state index in [1.165, 1.54) is 47.2 Å². The van der Waals surface area contributed by atoms with Crippen molar-refractivity contribution < 1.29 is 27.5 Å². The number of benzene rings is 2. The van der Waals surface area contributed by atoms with E-state index in [2.05, 4.69) is 5.32 Å². The van der Waals surface area contributed by atoms with E-state index in [1.54, 1.807) is 19.1 Å². The summed E-state index contributed by atoms with van der Waals surface area (Å²) in [4.78, 5) is 36.4. The number of carbonyl (C=O) groups excluding carboxylic acids is 2. The average molecular weight is 444 g/mol. The molecule has 0 unspecified atom stereocenters. The van der Waals surface area contributed by atoms with Gasteiger partial charge < -0.3 is 14.6 Å². The largest absolute Gasteiger partial charge is 0.462 e. The van der Waals surface area contributed by atoms with Crippen LogP contribution in [0, 0.1) is 0 Å². The summed E-state index contributed by atoms with van der Waals surface area (Å²) in [6.45, 7) is 1.95. The lowest BCUT2D eigenvalue weighted by molar-refractivity contribution is -0.137. The van der Waals surface area contributed by atoms with Gasteiger partial charge in [-0.15, -0.1) is 0 Å². The Kier molecular flexibility index (Phi) is 6.77. The van der Waals surface area contributed by atoms with Crippen LogP contribution in [0.4, 0.5) is 18.9 Å². The molecule has 0 atom stereocenters. The van der Waals surface area contributed by atoms with Gasteiger partial charge in [0.25, 0.3) is 11.5 Å².